The summed E-state index contributed by atoms with van der Waals surface area (Å²) < 4.78 is 7.53. The summed E-state index contributed by atoms with van der Waals surface area (Å²) >= 11 is 0. The molecule has 2 aromatic rings. The first-order valence-corrected chi connectivity index (χ1v) is 7.20. The number of hydrogen-bond donors (Lipinski definition) is 0. The van der Waals surface area contributed by atoms with Gasteiger partial charge in [0.1, 0.15) is 5.75 Å². The molecule has 0 unspecified atom stereocenters. The Morgan fingerprint density at radius 1 is 1.30 bits per heavy atom. The zero-order chi connectivity index (χ0) is 13.8. The van der Waals surface area contributed by atoms with Crippen LogP contribution in [-0.4, -0.2) is 34.9 Å². The fraction of sp³-hybridized carbons (Fsp3) is 0.438. The molecule has 0 N–H and O–H groups in total. The minimum absolute atomic E-state index is 0.494. The zero-order valence-electron chi connectivity index (χ0n) is 11.9. The molecule has 1 atom stereocenters. The maximum atomic E-state index is 5.44. The summed E-state index contributed by atoms with van der Waals surface area (Å²) in [5.41, 5.74) is 1.26. The van der Waals surface area contributed by atoms with Crippen LogP contribution >= 0.6 is 0 Å². The number of aromatic nitrogens is 2. The van der Waals surface area contributed by atoms with Crippen LogP contribution in [0.15, 0.2) is 42.7 Å². The molecule has 0 saturated carbocycles. The molecule has 1 aromatic carbocycles. The van der Waals surface area contributed by atoms with Crippen molar-refractivity contribution >= 4 is 0 Å². The summed E-state index contributed by atoms with van der Waals surface area (Å²) in [6.45, 7) is 3.15. The van der Waals surface area contributed by atoms with Gasteiger partial charge < -0.3 is 4.74 Å². The molecule has 4 heteroatoms. The van der Waals surface area contributed by atoms with Crippen LogP contribution in [0.25, 0.3) is 0 Å². The highest BCUT2D eigenvalue weighted by atomic mass is 16.5. The molecule has 4 nitrogen and oxygen atoms in total. The molecule has 1 aromatic heterocycles. The summed E-state index contributed by atoms with van der Waals surface area (Å²) in [5.74, 6) is 0.980. The van der Waals surface area contributed by atoms with E-state index < -0.39 is 0 Å². The van der Waals surface area contributed by atoms with Crippen molar-refractivity contribution in [1.29, 1.82) is 0 Å². The average molecular weight is 271 g/mol. The van der Waals surface area contributed by atoms with Crippen molar-refractivity contribution in [2.75, 3.05) is 20.2 Å². The van der Waals surface area contributed by atoms with Crippen LogP contribution in [0.2, 0.25) is 0 Å². The molecule has 2 heterocycles. The minimum Gasteiger partial charge on any atom is -0.496 e. The third-order valence-electron chi connectivity index (χ3n) is 3.97. The van der Waals surface area contributed by atoms with Crippen molar-refractivity contribution in [3.8, 4) is 5.75 Å². The highest BCUT2D eigenvalue weighted by Gasteiger charge is 2.22. The van der Waals surface area contributed by atoms with Gasteiger partial charge in [0.25, 0.3) is 0 Å². The fourth-order valence-electron chi connectivity index (χ4n) is 2.96. The normalized spacial score (nSPS) is 19.9. The molecule has 1 saturated heterocycles. The summed E-state index contributed by atoms with van der Waals surface area (Å²) in [4.78, 5) is 2.49. The number of nitrogens with zero attached hydrogens (tertiary/aromatic N) is 3. The highest BCUT2D eigenvalue weighted by molar-refractivity contribution is 5.33. The second-order valence-electron chi connectivity index (χ2n) is 5.33. The Kier molecular flexibility index (Phi) is 4.02. The zero-order valence-corrected chi connectivity index (χ0v) is 11.9. The Labute approximate surface area is 120 Å². The third kappa shape index (κ3) is 2.85. The van der Waals surface area contributed by atoms with E-state index in [0.29, 0.717) is 6.04 Å². The van der Waals surface area contributed by atoms with Crippen LogP contribution < -0.4 is 4.74 Å². The number of piperidine rings is 1. The number of benzene rings is 1. The van der Waals surface area contributed by atoms with Gasteiger partial charge >= 0.3 is 0 Å². The van der Waals surface area contributed by atoms with Gasteiger partial charge in [0.05, 0.1) is 13.2 Å². The van der Waals surface area contributed by atoms with Crippen molar-refractivity contribution in [1.82, 2.24) is 14.7 Å². The maximum Gasteiger partial charge on any atom is 0.123 e. The van der Waals surface area contributed by atoms with Crippen molar-refractivity contribution < 1.29 is 4.74 Å². The number of likely N-dealkylation sites (tertiary alicyclic amines) is 1. The molecule has 1 fully saturated rings. The monoisotopic (exact) mass is 271 g/mol. The Balaban J connectivity index is 1.68. The molecular weight excluding hydrogens is 250 g/mol. The summed E-state index contributed by atoms with van der Waals surface area (Å²) in [7, 11) is 1.74. The second kappa shape index (κ2) is 6.09. The standard InChI is InChI=1S/C16H21N3O/c1-20-16-8-3-2-6-14(16)12-18-10-4-7-15(13-18)19-11-5-9-17-19/h2-3,5-6,8-9,11,15H,4,7,10,12-13H2,1H3/t15-/m0/s1. The van der Waals surface area contributed by atoms with Gasteiger partial charge in [-0.25, -0.2) is 0 Å². The smallest absolute Gasteiger partial charge is 0.123 e. The lowest BCUT2D eigenvalue weighted by Crippen LogP contribution is -2.36. The predicted molar refractivity (Wildman–Crippen MR) is 78.8 cm³/mol. The molecule has 0 radical (unpaired) electrons. The van der Waals surface area contributed by atoms with E-state index in [1.165, 1.54) is 18.4 Å². The van der Waals surface area contributed by atoms with Gasteiger partial charge in [0.15, 0.2) is 0 Å². The summed E-state index contributed by atoms with van der Waals surface area (Å²) in [5, 5.41) is 4.38. The van der Waals surface area contributed by atoms with Crippen molar-refractivity contribution in [2.24, 2.45) is 0 Å². The largest absolute Gasteiger partial charge is 0.496 e. The lowest BCUT2D eigenvalue weighted by molar-refractivity contribution is 0.162. The lowest BCUT2D eigenvalue weighted by atomic mass is 10.0. The Morgan fingerprint density at radius 3 is 3.00 bits per heavy atom. The van der Waals surface area contributed by atoms with Gasteiger partial charge in [-0.1, -0.05) is 18.2 Å². The molecule has 0 aliphatic carbocycles. The average Bonchev–Trinajstić information content (AvgIpc) is 3.02. The predicted octanol–water partition coefficient (Wildman–Crippen LogP) is 2.73. The van der Waals surface area contributed by atoms with Crippen molar-refractivity contribution in [2.45, 2.75) is 25.4 Å². The van der Waals surface area contributed by atoms with Crippen molar-refractivity contribution in [3.63, 3.8) is 0 Å². The first-order chi connectivity index (χ1) is 9.86. The van der Waals surface area contributed by atoms with E-state index in [1.807, 2.05) is 24.4 Å². The SMILES string of the molecule is COc1ccccc1CN1CCC[C@H](n2cccn2)C1. The van der Waals surface area contributed by atoms with E-state index in [4.69, 9.17) is 4.74 Å². The Morgan fingerprint density at radius 2 is 2.20 bits per heavy atom. The Hall–Kier alpha value is -1.81. The number of rotatable bonds is 4. The third-order valence-corrected chi connectivity index (χ3v) is 3.97. The van der Waals surface area contributed by atoms with Gasteiger partial charge in [0.2, 0.25) is 0 Å². The fourth-order valence-corrected chi connectivity index (χ4v) is 2.96. The van der Waals surface area contributed by atoms with Crippen LogP contribution in [0.4, 0.5) is 0 Å². The number of ether oxygens (including phenoxy) is 1. The molecule has 106 valence electrons. The summed E-state index contributed by atoms with van der Waals surface area (Å²) in [6, 6.07) is 10.8. The quantitative estimate of drug-likeness (QED) is 0.856. The van der Waals surface area contributed by atoms with E-state index in [1.54, 1.807) is 7.11 Å². The van der Waals surface area contributed by atoms with Gasteiger partial charge in [-0.2, -0.15) is 5.10 Å². The van der Waals surface area contributed by atoms with E-state index in [9.17, 15) is 0 Å². The highest BCUT2D eigenvalue weighted by Crippen LogP contribution is 2.25. The van der Waals surface area contributed by atoms with Crippen LogP contribution in [0.3, 0.4) is 0 Å². The molecular formula is C16H21N3O. The van der Waals surface area contributed by atoms with Gasteiger partial charge in [-0.15, -0.1) is 0 Å². The van der Waals surface area contributed by atoms with Crippen LogP contribution in [0.5, 0.6) is 5.75 Å². The van der Waals surface area contributed by atoms with E-state index in [0.717, 1.165) is 25.4 Å². The molecule has 20 heavy (non-hydrogen) atoms. The van der Waals surface area contributed by atoms with E-state index >= 15 is 0 Å². The van der Waals surface area contributed by atoms with Crippen LogP contribution in [0, 0.1) is 0 Å². The molecule has 0 amide bonds. The molecule has 0 bridgehead atoms. The number of para-hydroxylation sites is 1. The first-order valence-electron chi connectivity index (χ1n) is 7.20. The minimum atomic E-state index is 0.494. The van der Waals surface area contributed by atoms with Crippen LogP contribution in [0.1, 0.15) is 24.4 Å². The lowest BCUT2D eigenvalue weighted by Gasteiger charge is -2.33. The van der Waals surface area contributed by atoms with Crippen LogP contribution in [-0.2, 0) is 6.54 Å². The van der Waals surface area contributed by atoms with Gasteiger partial charge in [-0.3, -0.25) is 9.58 Å². The molecule has 1 aliphatic rings. The molecule has 0 spiro atoms. The summed E-state index contributed by atoms with van der Waals surface area (Å²) in [6.07, 6.45) is 6.36. The number of methoxy groups -OCH3 is 1. The first kappa shape index (κ1) is 13.2. The number of hydrogen-bond acceptors (Lipinski definition) is 3. The van der Waals surface area contributed by atoms with E-state index in [2.05, 4.69) is 33.0 Å². The molecule has 1 aliphatic heterocycles. The Bertz CT molecular complexity index is 538. The van der Waals surface area contributed by atoms with Gasteiger partial charge in [-0.05, 0) is 31.5 Å². The van der Waals surface area contributed by atoms with Gasteiger partial charge in [0, 0.05) is 31.0 Å². The second-order valence-corrected chi connectivity index (χ2v) is 5.33. The molecule has 3 rings (SSSR count). The maximum absolute atomic E-state index is 5.44. The van der Waals surface area contributed by atoms with E-state index in [-0.39, 0.29) is 0 Å². The topological polar surface area (TPSA) is 30.3 Å². The van der Waals surface area contributed by atoms with Crippen molar-refractivity contribution in [3.05, 3.63) is 48.3 Å².